The number of halogens is 2. The van der Waals surface area contributed by atoms with Crippen LogP contribution in [0.5, 0.6) is 0 Å². The zero-order valence-electron chi connectivity index (χ0n) is 15.3. The Bertz CT molecular complexity index is 942. The zero-order valence-corrected chi connectivity index (χ0v) is 17.7. The number of carbonyl (C=O) groups excluding carboxylic acids is 1. The number of carbonyl (C=O) groups is 1. The minimum Gasteiger partial charge on any atom is -0.298 e. The number of hydrogen-bond donors (Lipinski definition) is 1. The van der Waals surface area contributed by atoms with Crippen LogP contribution in [0.2, 0.25) is 10.0 Å². The van der Waals surface area contributed by atoms with Gasteiger partial charge in [-0.2, -0.15) is 0 Å². The molecule has 0 saturated heterocycles. The molecule has 140 valence electrons. The summed E-state index contributed by atoms with van der Waals surface area (Å²) in [4.78, 5) is 18.3. The standard InChI is InChI=1S/C21H20Cl2N2OS/c1-21(2,3)18-17(12-13-4-8-15(22)9-5-13)27-20(24-18)25-19(26)14-6-10-16(23)11-7-14/h4-11H,12H2,1-3H3,(H,24,25,26). The Morgan fingerprint density at radius 1 is 1.00 bits per heavy atom. The Kier molecular flexibility index (Phi) is 5.89. The van der Waals surface area contributed by atoms with Gasteiger partial charge in [0.05, 0.1) is 5.69 Å². The smallest absolute Gasteiger partial charge is 0.257 e. The minimum absolute atomic E-state index is 0.124. The van der Waals surface area contributed by atoms with Gasteiger partial charge in [-0.05, 0) is 42.0 Å². The number of amides is 1. The van der Waals surface area contributed by atoms with Gasteiger partial charge in [0, 0.05) is 32.3 Å². The highest BCUT2D eigenvalue weighted by Gasteiger charge is 2.24. The summed E-state index contributed by atoms with van der Waals surface area (Å²) in [6.45, 7) is 6.37. The van der Waals surface area contributed by atoms with E-state index in [4.69, 9.17) is 28.2 Å². The second-order valence-electron chi connectivity index (χ2n) is 7.31. The topological polar surface area (TPSA) is 42.0 Å². The molecule has 0 spiro atoms. The molecule has 0 aliphatic heterocycles. The molecule has 0 aliphatic rings. The second-order valence-corrected chi connectivity index (χ2v) is 9.26. The quantitative estimate of drug-likeness (QED) is 0.518. The average Bonchev–Trinajstić information content (AvgIpc) is 3.00. The monoisotopic (exact) mass is 418 g/mol. The fourth-order valence-corrected chi connectivity index (χ4v) is 4.12. The Balaban J connectivity index is 1.86. The first-order chi connectivity index (χ1) is 12.7. The van der Waals surface area contributed by atoms with Crippen LogP contribution in [-0.2, 0) is 11.8 Å². The van der Waals surface area contributed by atoms with Crippen LogP contribution in [0, 0.1) is 0 Å². The molecule has 0 saturated carbocycles. The zero-order chi connectivity index (χ0) is 19.6. The van der Waals surface area contributed by atoms with Crippen LogP contribution in [0.4, 0.5) is 5.13 Å². The third kappa shape index (κ3) is 5.10. The second kappa shape index (κ2) is 8.01. The van der Waals surface area contributed by atoms with Crippen molar-refractivity contribution >= 4 is 45.6 Å². The van der Waals surface area contributed by atoms with Gasteiger partial charge < -0.3 is 0 Å². The highest BCUT2D eigenvalue weighted by Crippen LogP contribution is 2.34. The van der Waals surface area contributed by atoms with Gasteiger partial charge in [0.25, 0.3) is 5.91 Å². The van der Waals surface area contributed by atoms with Crippen LogP contribution in [0.3, 0.4) is 0 Å². The van der Waals surface area contributed by atoms with E-state index < -0.39 is 0 Å². The molecule has 1 amide bonds. The molecule has 1 heterocycles. The van der Waals surface area contributed by atoms with Crippen LogP contribution >= 0.6 is 34.5 Å². The lowest BCUT2D eigenvalue weighted by atomic mass is 9.90. The first-order valence-corrected chi connectivity index (χ1v) is 10.1. The Labute approximate surface area is 173 Å². The highest BCUT2D eigenvalue weighted by atomic mass is 35.5. The van der Waals surface area contributed by atoms with E-state index in [2.05, 4.69) is 26.1 Å². The van der Waals surface area contributed by atoms with E-state index in [1.807, 2.05) is 24.3 Å². The van der Waals surface area contributed by atoms with E-state index in [9.17, 15) is 4.79 Å². The van der Waals surface area contributed by atoms with E-state index in [-0.39, 0.29) is 11.3 Å². The fourth-order valence-electron chi connectivity index (χ4n) is 2.67. The molecule has 0 fully saturated rings. The first-order valence-electron chi connectivity index (χ1n) is 8.54. The number of anilines is 1. The summed E-state index contributed by atoms with van der Waals surface area (Å²) in [6.07, 6.45) is 0.748. The van der Waals surface area contributed by atoms with Gasteiger partial charge in [0.2, 0.25) is 0 Å². The molecule has 0 radical (unpaired) electrons. The van der Waals surface area contributed by atoms with Gasteiger partial charge in [-0.25, -0.2) is 4.98 Å². The molecule has 0 bridgehead atoms. The first kappa shape index (κ1) is 19.9. The summed E-state index contributed by atoms with van der Waals surface area (Å²) in [5.41, 5.74) is 2.57. The van der Waals surface area contributed by atoms with Crippen LogP contribution in [-0.4, -0.2) is 10.9 Å². The van der Waals surface area contributed by atoms with Crippen molar-refractivity contribution in [3.63, 3.8) is 0 Å². The SMILES string of the molecule is CC(C)(C)c1nc(NC(=O)c2ccc(Cl)cc2)sc1Cc1ccc(Cl)cc1. The van der Waals surface area contributed by atoms with Gasteiger partial charge >= 0.3 is 0 Å². The largest absolute Gasteiger partial charge is 0.298 e. The molecule has 0 aliphatic carbocycles. The van der Waals surface area contributed by atoms with Gasteiger partial charge in [0.1, 0.15) is 0 Å². The van der Waals surface area contributed by atoms with E-state index in [0.717, 1.165) is 27.6 Å². The van der Waals surface area contributed by atoms with Crippen LogP contribution in [0.1, 0.15) is 47.3 Å². The molecule has 0 atom stereocenters. The van der Waals surface area contributed by atoms with Gasteiger partial charge in [0.15, 0.2) is 5.13 Å². The third-order valence-electron chi connectivity index (χ3n) is 4.01. The average molecular weight is 419 g/mol. The summed E-state index contributed by atoms with van der Waals surface area (Å²) in [7, 11) is 0. The number of nitrogens with zero attached hydrogens (tertiary/aromatic N) is 1. The van der Waals surface area contributed by atoms with Crippen molar-refractivity contribution < 1.29 is 4.79 Å². The molecule has 3 aromatic rings. The molecular weight excluding hydrogens is 399 g/mol. The van der Waals surface area contributed by atoms with E-state index in [0.29, 0.717) is 15.7 Å². The summed E-state index contributed by atoms with van der Waals surface area (Å²) in [5, 5.41) is 4.83. The molecule has 1 aromatic heterocycles. The summed E-state index contributed by atoms with van der Waals surface area (Å²) < 4.78 is 0. The highest BCUT2D eigenvalue weighted by molar-refractivity contribution is 7.16. The van der Waals surface area contributed by atoms with Crippen molar-refractivity contribution in [2.75, 3.05) is 5.32 Å². The molecule has 0 unspecified atom stereocenters. The van der Waals surface area contributed by atoms with Crippen molar-refractivity contribution in [1.82, 2.24) is 4.98 Å². The number of thiazole rings is 1. The number of nitrogens with one attached hydrogen (secondary N) is 1. The molecule has 2 aromatic carbocycles. The summed E-state index contributed by atoms with van der Waals surface area (Å²) in [6, 6.07) is 14.6. The normalized spacial score (nSPS) is 11.4. The Hall–Kier alpha value is -1.88. The lowest BCUT2D eigenvalue weighted by molar-refractivity contribution is 0.102. The molecule has 27 heavy (non-hydrogen) atoms. The van der Waals surface area contributed by atoms with Crippen molar-refractivity contribution in [1.29, 1.82) is 0 Å². The van der Waals surface area contributed by atoms with E-state index in [1.165, 1.54) is 11.3 Å². The van der Waals surface area contributed by atoms with Gasteiger partial charge in [-0.1, -0.05) is 56.1 Å². The predicted molar refractivity (Wildman–Crippen MR) is 114 cm³/mol. The van der Waals surface area contributed by atoms with Crippen molar-refractivity contribution in [3.8, 4) is 0 Å². The van der Waals surface area contributed by atoms with Crippen molar-refractivity contribution in [3.05, 3.63) is 80.3 Å². The lowest BCUT2D eigenvalue weighted by Crippen LogP contribution is -2.15. The van der Waals surface area contributed by atoms with Crippen molar-refractivity contribution in [2.24, 2.45) is 0 Å². The number of benzene rings is 2. The number of rotatable bonds is 4. The molecular formula is C21H20Cl2N2OS. The predicted octanol–water partition coefficient (Wildman–Crippen LogP) is 6.59. The minimum atomic E-state index is -0.195. The van der Waals surface area contributed by atoms with E-state index in [1.54, 1.807) is 24.3 Å². The maximum Gasteiger partial charge on any atom is 0.257 e. The summed E-state index contributed by atoms with van der Waals surface area (Å²) in [5.74, 6) is -0.195. The molecule has 3 nitrogen and oxygen atoms in total. The van der Waals surface area contributed by atoms with Crippen molar-refractivity contribution in [2.45, 2.75) is 32.6 Å². The van der Waals surface area contributed by atoms with Gasteiger partial charge in [-0.15, -0.1) is 11.3 Å². The van der Waals surface area contributed by atoms with Crippen LogP contribution < -0.4 is 5.32 Å². The Morgan fingerprint density at radius 2 is 1.56 bits per heavy atom. The number of hydrogen-bond acceptors (Lipinski definition) is 3. The van der Waals surface area contributed by atoms with Crippen LogP contribution in [0.15, 0.2) is 48.5 Å². The molecule has 3 rings (SSSR count). The molecule has 1 N–H and O–H groups in total. The van der Waals surface area contributed by atoms with Crippen LogP contribution in [0.25, 0.3) is 0 Å². The maximum atomic E-state index is 12.5. The summed E-state index contributed by atoms with van der Waals surface area (Å²) >= 11 is 13.4. The van der Waals surface area contributed by atoms with E-state index >= 15 is 0 Å². The fraction of sp³-hybridized carbons (Fsp3) is 0.238. The third-order valence-corrected chi connectivity index (χ3v) is 5.49. The maximum absolute atomic E-state index is 12.5. The molecule has 6 heteroatoms. The Morgan fingerprint density at radius 3 is 2.11 bits per heavy atom. The number of aromatic nitrogens is 1. The van der Waals surface area contributed by atoms with Gasteiger partial charge in [-0.3, -0.25) is 10.1 Å². The lowest BCUT2D eigenvalue weighted by Gasteiger charge is -2.17.